The van der Waals surface area contributed by atoms with Gasteiger partial charge in [0.1, 0.15) is 11.6 Å². The van der Waals surface area contributed by atoms with Crippen LogP contribution in [0, 0.1) is 5.82 Å². The molecule has 0 heterocycles. The molecule has 0 aliphatic rings. The van der Waals surface area contributed by atoms with Crippen molar-refractivity contribution in [2.75, 3.05) is 6.54 Å². The summed E-state index contributed by atoms with van der Waals surface area (Å²) in [5.74, 6) is -0.561. The van der Waals surface area contributed by atoms with Crippen LogP contribution in [-0.2, 0) is 6.42 Å². The number of hydrogen-bond donors (Lipinski definition) is 2. The first-order valence-electron chi connectivity index (χ1n) is 6.07. The SMILES string of the molecule is O=C(NCCc1ccc(O)cc1)c1ccc(Br)c(F)c1. The van der Waals surface area contributed by atoms with Crippen LogP contribution in [0.2, 0.25) is 0 Å². The molecule has 3 nitrogen and oxygen atoms in total. The lowest BCUT2D eigenvalue weighted by molar-refractivity contribution is 0.0953. The molecule has 2 aromatic rings. The van der Waals surface area contributed by atoms with Crippen molar-refractivity contribution < 1.29 is 14.3 Å². The van der Waals surface area contributed by atoms with Gasteiger partial charge in [-0.3, -0.25) is 4.79 Å². The predicted molar refractivity (Wildman–Crippen MR) is 78.2 cm³/mol. The van der Waals surface area contributed by atoms with Crippen molar-refractivity contribution in [1.82, 2.24) is 5.32 Å². The first-order valence-corrected chi connectivity index (χ1v) is 6.87. The van der Waals surface area contributed by atoms with Crippen molar-refractivity contribution in [2.45, 2.75) is 6.42 Å². The minimum atomic E-state index is -0.462. The first-order chi connectivity index (χ1) is 9.56. The number of phenolic OH excluding ortho intramolecular Hbond substituents is 1. The van der Waals surface area contributed by atoms with E-state index in [0.29, 0.717) is 17.4 Å². The fraction of sp³-hybridized carbons (Fsp3) is 0.133. The van der Waals surface area contributed by atoms with E-state index < -0.39 is 5.82 Å². The van der Waals surface area contributed by atoms with E-state index >= 15 is 0 Å². The van der Waals surface area contributed by atoms with Crippen molar-refractivity contribution >= 4 is 21.8 Å². The fourth-order valence-corrected chi connectivity index (χ4v) is 1.97. The number of phenols is 1. The molecule has 1 amide bonds. The summed E-state index contributed by atoms with van der Waals surface area (Å²) in [6.45, 7) is 0.446. The van der Waals surface area contributed by atoms with Crippen LogP contribution in [0.1, 0.15) is 15.9 Å². The van der Waals surface area contributed by atoms with Gasteiger partial charge < -0.3 is 10.4 Å². The van der Waals surface area contributed by atoms with Gasteiger partial charge >= 0.3 is 0 Å². The van der Waals surface area contributed by atoms with Gasteiger partial charge in [0.2, 0.25) is 0 Å². The topological polar surface area (TPSA) is 49.3 Å². The lowest BCUT2D eigenvalue weighted by atomic mass is 10.1. The Morgan fingerprint density at radius 1 is 1.20 bits per heavy atom. The molecule has 2 N–H and O–H groups in total. The number of carbonyl (C=O) groups is 1. The van der Waals surface area contributed by atoms with Gasteiger partial charge in [0.25, 0.3) is 5.91 Å². The molecule has 0 aliphatic carbocycles. The first kappa shape index (κ1) is 14.5. The van der Waals surface area contributed by atoms with Crippen LogP contribution in [0.3, 0.4) is 0 Å². The number of amides is 1. The number of halogens is 2. The Kier molecular flexibility index (Phi) is 4.74. The quantitative estimate of drug-likeness (QED) is 0.899. The standard InChI is InChI=1S/C15H13BrFNO2/c16-13-6-3-11(9-14(13)17)15(20)18-8-7-10-1-4-12(19)5-2-10/h1-6,9,19H,7-8H2,(H,18,20). The van der Waals surface area contributed by atoms with Gasteiger partial charge in [0.05, 0.1) is 4.47 Å². The van der Waals surface area contributed by atoms with Crippen LogP contribution in [0.25, 0.3) is 0 Å². The Balaban J connectivity index is 1.88. The highest BCUT2D eigenvalue weighted by Crippen LogP contribution is 2.16. The zero-order valence-corrected chi connectivity index (χ0v) is 12.2. The lowest BCUT2D eigenvalue weighted by Crippen LogP contribution is -2.25. The van der Waals surface area contributed by atoms with Gasteiger partial charge in [-0.1, -0.05) is 12.1 Å². The molecule has 0 radical (unpaired) electrons. The molecule has 0 unspecified atom stereocenters. The molecule has 0 aromatic heterocycles. The Morgan fingerprint density at radius 2 is 1.90 bits per heavy atom. The molecule has 104 valence electrons. The van der Waals surface area contributed by atoms with Crippen molar-refractivity contribution in [3.05, 3.63) is 63.9 Å². The van der Waals surface area contributed by atoms with Gasteiger partial charge in [0, 0.05) is 12.1 Å². The monoisotopic (exact) mass is 337 g/mol. The molecule has 0 fully saturated rings. The van der Waals surface area contributed by atoms with E-state index in [1.807, 2.05) is 0 Å². The normalized spacial score (nSPS) is 10.3. The van der Waals surface area contributed by atoms with Crippen LogP contribution in [-0.4, -0.2) is 17.6 Å². The summed E-state index contributed by atoms with van der Waals surface area (Å²) < 4.78 is 13.6. The maximum absolute atomic E-state index is 13.3. The van der Waals surface area contributed by atoms with Crippen molar-refractivity contribution in [1.29, 1.82) is 0 Å². The summed E-state index contributed by atoms with van der Waals surface area (Å²) in [4.78, 5) is 11.8. The van der Waals surface area contributed by atoms with Crippen LogP contribution in [0.15, 0.2) is 46.9 Å². The van der Waals surface area contributed by atoms with Crippen molar-refractivity contribution in [2.24, 2.45) is 0 Å². The zero-order valence-electron chi connectivity index (χ0n) is 10.6. The summed E-state index contributed by atoms with van der Waals surface area (Å²) in [7, 11) is 0. The van der Waals surface area contributed by atoms with Crippen LogP contribution >= 0.6 is 15.9 Å². The molecule has 0 saturated carbocycles. The summed E-state index contributed by atoms with van der Waals surface area (Å²) >= 11 is 3.04. The summed E-state index contributed by atoms with van der Waals surface area (Å²) in [6.07, 6.45) is 0.644. The number of hydrogen-bond acceptors (Lipinski definition) is 2. The van der Waals surface area contributed by atoms with E-state index in [1.165, 1.54) is 12.1 Å². The summed E-state index contributed by atoms with van der Waals surface area (Å²) in [6, 6.07) is 11.0. The molecule has 2 aromatic carbocycles. The third-order valence-electron chi connectivity index (χ3n) is 2.82. The number of nitrogens with one attached hydrogen (secondary N) is 1. The second-order valence-electron chi connectivity index (χ2n) is 4.30. The number of carbonyl (C=O) groups excluding carboxylic acids is 1. The maximum Gasteiger partial charge on any atom is 0.251 e. The van der Waals surface area contributed by atoms with Crippen molar-refractivity contribution in [3.8, 4) is 5.75 Å². The Labute approximate surface area is 124 Å². The summed E-state index contributed by atoms with van der Waals surface area (Å²) in [5.41, 5.74) is 1.29. The highest BCUT2D eigenvalue weighted by Gasteiger charge is 2.08. The molecule has 0 spiro atoms. The average molecular weight is 338 g/mol. The van der Waals surface area contributed by atoms with E-state index in [9.17, 15) is 9.18 Å². The molecule has 20 heavy (non-hydrogen) atoms. The number of benzene rings is 2. The lowest BCUT2D eigenvalue weighted by Gasteiger charge is -2.06. The molecule has 0 atom stereocenters. The summed E-state index contributed by atoms with van der Waals surface area (Å²) in [5, 5.41) is 11.9. The number of aromatic hydroxyl groups is 1. The minimum absolute atomic E-state index is 0.211. The van der Waals surface area contributed by atoms with E-state index in [2.05, 4.69) is 21.2 Å². The molecule has 0 saturated heterocycles. The number of rotatable bonds is 4. The van der Waals surface area contributed by atoms with Crippen LogP contribution in [0.4, 0.5) is 4.39 Å². The molecule has 0 bridgehead atoms. The second kappa shape index (κ2) is 6.52. The van der Waals surface area contributed by atoms with Crippen LogP contribution < -0.4 is 5.32 Å². The molecule has 0 aliphatic heterocycles. The third-order valence-corrected chi connectivity index (χ3v) is 3.46. The van der Waals surface area contributed by atoms with E-state index in [1.54, 1.807) is 30.3 Å². The van der Waals surface area contributed by atoms with Crippen LogP contribution in [0.5, 0.6) is 5.75 Å². The van der Waals surface area contributed by atoms with Gasteiger partial charge in [-0.15, -0.1) is 0 Å². The molecular weight excluding hydrogens is 325 g/mol. The minimum Gasteiger partial charge on any atom is -0.508 e. The molecular formula is C15H13BrFNO2. The van der Waals surface area contributed by atoms with E-state index in [-0.39, 0.29) is 17.2 Å². The van der Waals surface area contributed by atoms with Gasteiger partial charge in [0.15, 0.2) is 0 Å². The largest absolute Gasteiger partial charge is 0.508 e. The zero-order chi connectivity index (χ0) is 14.5. The van der Waals surface area contributed by atoms with Gasteiger partial charge in [-0.2, -0.15) is 0 Å². The molecule has 5 heteroatoms. The third kappa shape index (κ3) is 3.81. The Hall–Kier alpha value is -1.88. The second-order valence-corrected chi connectivity index (χ2v) is 5.16. The average Bonchev–Trinajstić information content (AvgIpc) is 2.44. The van der Waals surface area contributed by atoms with E-state index in [4.69, 9.17) is 5.11 Å². The fourth-order valence-electron chi connectivity index (χ4n) is 1.72. The smallest absolute Gasteiger partial charge is 0.251 e. The van der Waals surface area contributed by atoms with Gasteiger partial charge in [-0.25, -0.2) is 4.39 Å². The highest BCUT2D eigenvalue weighted by molar-refractivity contribution is 9.10. The van der Waals surface area contributed by atoms with Gasteiger partial charge in [-0.05, 0) is 58.2 Å². The van der Waals surface area contributed by atoms with Crippen molar-refractivity contribution in [3.63, 3.8) is 0 Å². The highest BCUT2D eigenvalue weighted by atomic mass is 79.9. The van der Waals surface area contributed by atoms with E-state index in [0.717, 1.165) is 5.56 Å². The Bertz CT molecular complexity index is 614. The molecule has 2 rings (SSSR count). The predicted octanol–water partition coefficient (Wildman–Crippen LogP) is 3.27. The maximum atomic E-state index is 13.3. The Morgan fingerprint density at radius 3 is 2.55 bits per heavy atom.